The molecule has 0 unspecified atom stereocenters. The molecule has 0 aliphatic carbocycles. The van der Waals surface area contributed by atoms with Gasteiger partial charge in [0, 0.05) is 18.2 Å². The van der Waals surface area contributed by atoms with Crippen molar-refractivity contribution in [1.82, 2.24) is 25.2 Å². The van der Waals surface area contributed by atoms with Crippen LogP contribution in [-0.4, -0.2) is 62.5 Å². The van der Waals surface area contributed by atoms with E-state index in [2.05, 4.69) is 15.6 Å². The fraction of sp³-hybridized carbons (Fsp3) is 0.233. The highest BCUT2D eigenvalue weighted by Crippen LogP contribution is 2.47. The fourth-order valence-corrected chi connectivity index (χ4v) is 5.92. The number of rotatable bonds is 8. The number of fused-ring (bicyclic) bond motifs is 2. The molecule has 0 spiro atoms. The smallest absolute Gasteiger partial charge is 0.329 e. The maximum absolute atomic E-state index is 16.0. The van der Waals surface area contributed by atoms with Crippen molar-refractivity contribution < 1.29 is 28.2 Å². The van der Waals surface area contributed by atoms with Gasteiger partial charge in [0.1, 0.15) is 24.1 Å². The minimum atomic E-state index is -1.95. The van der Waals surface area contributed by atoms with Crippen LogP contribution in [0.1, 0.15) is 22.3 Å². The van der Waals surface area contributed by atoms with Crippen molar-refractivity contribution in [3.05, 3.63) is 96.3 Å². The van der Waals surface area contributed by atoms with Gasteiger partial charge in [-0.15, -0.1) is 5.10 Å². The first-order chi connectivity index (χ1) is 20.4. The zero-order valence-electron chi connectivity index (χ0n) is 22.3. The molecule has 12 heteroatoms. The van der Waals surface area contributed by atoms with Crippen LogP contribution in [0.15, 0.2) is 95.0 Å². The fourth-order valence-electron chi connectivity index (χ4n) is 4.98. The van der Waals surface area contributed by atoms with Gasteiger partial charge in [-0.2, -0.15) is 0 Å². The third-order valence-electron chi connectivity index (χ3n) is 7.02. The van der Waals surface area contributed by atoms with Crippen molar-refractivity contribution in [3.8, 4) is 11.5 Å². The first-order valence-corrected chi connectivity index (χ1v) is 14.1. The van der Waals surface area contributed by atoms with Gasteiger partial charge in [0.2, 0.25) is 5.91 Å². The summed E-state index contributed by atoms with van der Waals surface area (Å²) in [7, 11) is 0. The topological polar surface area (TPSA) is 116 Å². The Morgan fingerprint density at radius 2 is 1.83 bits per heavy atom. The third-order valence-corrected chi connectivity index (χ3v) is 8.13. The van der Waals surface area contributed by atoms with Gasteiger partial charge in [0.15, 0.2) is 5.67 Å². The molecule has 0 bridgehead atoms. The summed E-state index contributed by atoms with van der Waals surface area (Å²) in [6.07, 6.45) is 2.65. The molecule has 2 aliphatic rings. The highest BCUT2D eigenvalue weighted by atomic mass is 32.2. The van der Waals surface area contributed by atoms with Crippen LogP contribution in [0.25, 0.3) is 0 Å². The van der Waals surface area contributed by atoms with Crippen LogP contribution in [0.5, 0.6) is 11.5 Å². The van der Waals surface area contributed by atoms with Gasteiger partial charge in [-0.25, -0.2) is 13.9 Å². The van der Waals surface area contributed by atoms with Crippen LogP contribution in [0.4, 0.5) is 4.39 Å². The second-order valence-electron chi connectivity index (χ2n) is 10.1. The van der Waals surface area contributed by atoms with E-state index in [0.29, 0.717) is 17.1 Å². The van der Waals surface area contributed by atoms with E-state index in [1.54, 1.807) is 30.3 Å². The Hall–Kier alpha value is -4.71. The van der Waals surface area contributed by atoms with E-state index in [4.69, 9.17) is 9.47 Å². The molecule has 42 heavy (non-hydrogen) atoms. The van der Waals surface area contributed by atoms with Crippen molar-refractivity contribution in [3.63, 3.8) is 0 Å². The largest absolute Gasteiger partial charge is 0.459 e. The van der Waals surface area contributed by atoms with E-state index < -0.39 is 36.0 Å². The predicted octanol–water partition coefficient (Wildman–Crippen LogP) is 4.02. The Labute approximate surface area is 244 Å². The molecule has 4 aromatic rings. The summed E-state index contributed by atoms with van der Waals surface area (Å²) in [6.45, 7) is -1.01. The quantitative estimate of drug-likeness (QED) is 0.271. The molecule has 214 valence electrons. The molecule has 1 aromatic heterocycles. The number of halogens is 1. The van der Waals surface area contributed by atoms with E-state index in [-0.39, 0.29) is 26.1 Å². The molecule has 1 N–H and O–H groups in total. The lowest BCUT2D eigenvalue weighted by Gasteiger charge is -2.24. The summed E-state index contributed by atoms with van der Waals surface area (Å²) in [6, 6.07) is 20.5. The van der Waals surface area contributed by atoms with E-state index >= 15 is 4.39 Å². The minimum Gasteiger partial charge on any atom is -0.459 e. The number of para-hydroxylation sites is 1. The number of hydrogen-bond acceptors (Lipinski definition) is 8. The number of carbonyl (C=O) groups is 3. The lowest BCUT2D eigenvalue weighted by atomic mass is 10.0. The van der Waals surface area contributed by atoms with Crippen molar-refractivity contribution >= 4 is 29.5 Å². The second kappa shape index (κ2) is 11.6. The summed E-state index contributed by atoms with van der Waals surface area (Å²) in [5.41, 5.74) is -0.889. The Morgan fingerprint density at radius 1 is 1.05 bits per heavy atom. The molecular weight excluding hydrogens is 561 g/mol. The van der Waals surface area contributed by atoms with Gasteiger partial charge in [0.05, 0.1) is 35.6 Å². The molecule has 3 aromatic carbocycles. The van der Waals surface area contributed by atoms with Gasteiger partial charge >= 0.3 is 5.97 Å². The summed E-state index contributed by atoms with van der Waals surface area (Å²) in [4.78, 5) is 42.3. The van der Waals surface area contributed by atoms with Gasteiger partial charge in [-0.3, -0.25) is 9.59 Å². The number of esters is 1. The number of alkyl halides is 1. The van der Waals surface area contributed by atoms with E-state index in [9.17, 15) is 14.4 Å². The van der Waals surface area contributed by atoms with Gasteiger partial charge in [-0.05, 0) is 35.9 Å². The first kappa shape index (κ1) is 27.5. The highest BCUT2D eigenvalue weighted by molar-refractivity contribution is 7.99. The molecule has 6 rings (SSSR count). The third kappa shape index (κ3) is 5.98. The first-order valence-electron chi connectivity index (χ1n) is 13.3. The number of ether oxygens (including phenoxy) is 2. The molecule has 0 radical (unpaired) electrons. The van der Waals surface area contributed by atoms with Crippen molar-refractivity contribution in [1.29, 1.82) is 0 Å². The van der Waals surface area contributed by atoms with E-state index in [0.717, 1.165) is 20.3 Å². The Bertz CT molecular complexity index is 1620. The SMILES string of the molecule is O=C(NCC(=O)N1C[C@@](F)(Cn2ccnn2)C[C@H]1C(=O)OCc1ccccc1)c1ccc2c(c1)Oc1ccccc1S2. The van der Waals surface area contributed by atoms with Crippen LogP contribution in [0.2, 0.25) is 0 Å². The summed E-state index contributed by atoms with van der Waals surface area (Å²) in [5.74, 6) is -0.602. The van der Waals surface area contributed by atoms with Crippen molar-refractivity contribution in [2.45, 2.75) is 41.1 Å². The molecular formula is C30H26FN5O5S. The zero-order chi connectivity index (χ0) is 29.1. The number of aromatic nitrogens is 3. The van der Waals surface area contributed by atoms with Crippen LogP contribution >= 0.6 is 11.8 Å². The molecule has 1 saturated heterocycles. The normalized spacial score (nSPS) is 18.9. The van der Waals surface area contributed by atoms with Crippen molar-refractivity contribution in [2.75, 3.05) is 13.1 Å². The summed E-state index contributed by atoms with van der Waals surface area (Å²) < 4.78 is 28.7. The van der Waals surface area contributed by atoms with Gasteiger partial charge < -0.3 is 19.7 Å². The number of likely N-dealkylation sites (tertiary alicyclic amines) is 1. The molecule has 2 amide bonds. The molecule has 2 aliphatic heterocycles. The van der Waals surface area contributed by atoms with Crippen molar-refractivity contribution in [2.24, 2.45) is 0 Å². The lowest BCUT2D eigenvalue weighted by molar-refractivity contribution is -0.154. The Balaban J connectivity index is 1.12. The Morgan fingerprint density at radius 3 is 2.64 bits per heavy atom. The zero-order valence-corrected chi connectivity index (χ0v) is 23.1. The number of carbonyl (C=O) groups excluding carboxylic acids is 3. The second-order valence-corrected chi connectivity index (χ2v) is 11.2. The van der Waals surface area contributed by atoms with Crippen LogP contribution < -0.4 is 10.1 Å². The van der Waals surface area contributed by atoms with Crippen LogP contribution in [0, 0.1) is 0 Å². The Kier molecular flexibility index (Phi) is 7.62. The number of hydrogen-bond donors (Lipinski definition) is 1. The molecule has 1 fully saturated rings. The molecule has 10 nitrogen and oxygen atoms in total. The average molecular weight is 588 g/mol. The summed E-state index contributed by atoms with van der Waals surface area (Å²) in [5, 5.41) is 10.1. The van der Waals surface area contributed by atoms with E-state index in [1.165, 1.54) is 28.8 Å². The number of benzene rings is 3. The molecule has 0 saturated carbocycles. The maximum Gasteiger partial charge on any atom is 0.329 e. The number of amides is 2. The van der Waals surface area contributed by atoms with Crippen LogP contribution in [-0.2, 0) is 27.5 Å². The molecule has 3 heterocycles. The van der Waals surface area contributed by atoms with Gasteiger partial charge in [-0.1, -0.05) is 59.4 Å². The average Bonchev–Trinajstić information content (AvgIpc) is 3.65. The van der Waals surface area contributed by atoms with Crippen LogP contribution in [0.3, 0.4) is 0 Å². The minimum absolute atomic E-state index is 0.0134. The van der Waals surface area contributed by atoms with Gasteiger partial charge in [0.25, 0.3) is 5.91 Å². The number of nitrogens with one attached hydrogen (secondary N) is 1. The monoisotopic (exact) mass is 587 g/mol. The number of nitrogens with zero attached hydrogens (tertiary/aromatic N) is 4. The standard InChI is InChI=1S/C30H26FN5O5S/c31-30(18-35-13-12-33-34-35)15-22(29(39)40-17-20-6-2-1-3-7-20)36(19-30)27(37)16-32-28(38)21-10-11-26-24(14-21)41-23-8-4-5-9-25(23)42-26/h1-14,22H,15-19H2,(H,32,38)/t22-,30-/m0/s1. The molecule has 2 atom stereocenters. The van der Waals surface area contributed by atoms with E-state index in [1.807, 2.05) is 42.5 Å². The highest BCUT2D eigenvalue weighted by Gasteiger charge is 2.50. The maximum atomic E-state index is 16.0. The predicted molar refractivity (Wildman–Crippen MR) is 150 cm³/mol. The summed E-state index contributed by atoms with van der Waals surface area (Å²) >= 11 is 1.54. The lowest BCUT2D eigenvalue weighted by Crippen LogP contribution is -2.46.